The molecule has 0 bridgehead atoms. The van der Waals surface area contributed by atoms with Crippen molar-refractivity contribution in [2.75, 3.05) is 11.9 Å². The van der Waals surface area contributed by atoms with Crippen LogP contribution in [-0.2, 0) is 23.2 Å². The first-order chi connectivity index (χ1) is 17.3. The number of aromatic nitrogens is 2. The Kier molecular flexibility index (Phi) is 7.34. The molecule has 0 atom stereocenters. The molecule has 1 N–H and O–H groups in total. The molecule has 36 heavy (non-hydrogen) atoms. The molecule has 0 saturated heterocycles. The molecule has 1 aromatic heterocycles. The summed E-state index contributed by atoms with van der Waals surface area (Å²) in [6.45, 7) is 3.45. The Labute approximate surface area is 208 Å². The zero-order valence-electron chi connectivity index (χ0n) is 20.4. The highest BCUT2D eigenvalue weighted by molar-refractivity contribution is 5.97. The highest BCUT2D eigenvalue weighted by Gasteiger charge is 2.20. The van der Waals surface area contributed by atoms with Gasteiger partial charge in [0.1, 0.15) is 23.6 Å². The first-order valence-corrected chi connectivity index (χ1v) is 11.4. The fraction of sp³-hybridized carbons (Fsp3) is 0.179. The molecule has 3 aromatic carbocycles. The SMILES string of the molecule is Cc1cccc(COc2ccccc2C(=O)OCC(=O)Nc2c(C)n(C)n(-c3ccccc3)c2=O)c1. The Morgan fingerprint density at radius 3 is 2.39 bits per heavy atom. The van der Waals surface area contributed by atoms with Gasteiger partial charge in [-0.1, -0.05) is 60.2 Å². The highest BCUT2D eigenvalue weighted by atomic mass is 16.5. The Morgan fingerprint density at radius 1 is 0.917 bits per heavy atom. The second-order valence-corrected chi connectivity index (χ2v) is 8.33. The molecule has 0 fully saturated rings. The van der Waals surface area contributed by atoms with Crippen molar-refractivity contribution in [3.8, 4) is 11.4 Å². The molecule has 184 valence electrons. The fourth-order valence-electron chi connectivity index (χ4n) is 3.82. The molecule has 0 aliphatic carbocycles. The van der Waals surface area contributed by atoms with Crippen LogP contribution in [0, 0.1) is 13.8 Å². The summed E-state index contributed by atoms with van der Waals surface area (Å²) >= 11 is 0. The van der Waals surface area contributed by atoms with Crippen molar-refractivity contribution in [3.05, 3.63) is 112 Å². The number of benzene rings is 3. The molecule has 0 aliphatic rings. The lowest BCUT2D eigenvalue weighted by molar-refractivity contribution is -0.119. The van der Waals surface area contributed by atoms with E-state index in [0.29, 0.717) is 17.1 Å². The van der Waals surface area contributed by atoms with Gasteiger partial charge in [0.25, 0.3) is 11.5 Å². The van der Waals surface area contributed by atoms with Gasteiger partial charge in [-0.05, 0) is 43.7 Å². The average molecular weight is 486 g/mol. The zero-order valence-corrected chi connectivity index (χ0v) is 20.4. The van der Waals surface area contributed by atoms with Gasteiger partial charge in [0.05, 0.1) is 11.4 Å². The van der Waals surface area contributed by atoms with E-state index in [9.17, 15) is 14.4 Å². The van der Waals surface area contributed by atoms with E-state index >= 15 is 0 Å². The number of carbonyl (C=O) groups excluding carboxylic acids is 2. The molecule has 0 aliphatic heterocycles. The van der Waals surface area contributed by atoms with Crippen LogP contribution in [0.5, 0.6) is 5.75 Å². The summed E-state index contributed by atoms with van der Waals surface area (Å²) in [7, 11) is 1.73. The Morgan fingerprint density at radius 2 is 1.64 bits per heavy atom. The quantitative estimate of drug-likeness (QED) is 0.378. The Balaban J connectivity index is 1.41. The third kappa shape index (κ3) is 5.38. The molecule has 1 heterocycles. The van der Waals surface area contributed by atoms with E-state index in [1.165, 1.54) is 4.68 Å². The van der Waals surface area contributed by atoms with Gasteiger partial charge in [-0.15, -0.1) is 0 Å². The second-order valence-electron chi connectivity index (χ2n) is 8.33. The smallest absolute Gasteiger partial charge is 0.342 e. The molecule has 1 amide bonds. The molecule has 8 nitrogen and oxygen atoms in total. The molecule has 0 spiro atoms. The van der Waals surface area contributed by atoms with Crippen LogP contribution in [0.3, 0.4) is 0 Å². The van der Waals surface area contributed by atoms with E-state index in [-0.39, 0.29) is 23.4 Å². The summed E-state index contributed by atoms with van der Waals surface area (Å²) in [6, 6.07) is 23.7. The first kappa shape index (κ1) is 24.5. The number of aryl methyl sites for hydroxylation is 1. The molecule has 0 unspecified atom stereocenters. The van der Waals surface area contributed by atoms with Gasteiger partial charge in [-0.25, -0.2) is 9.48 Å². The normalized spacial score (nSPS) is 10.6. The van der Waals surface area contributed by atoms with Gasteiger partial charge in [-0.2, -0.15) is 0 Å². The number of nitrogens with one attached hydrogen (secondary N) is 1. The number of para-hydroxylation sites is 2. The van der Waals surface area contributed by atoms with Gasteiger partial charge in [-0.3, -0.25) is 14.3 Å². The average Bonchev–Trinajstić information content (AvgIpc) is 3.09. The van der Waals surface area contributed by atoms with Crippen LogP contribution in [0.2, 0.25) is 0 Å². The number of hydrogen-bond donors (Lipinski definition) is 1. The Bertz CT molecular complexity index is 1450. The van der Waals surface area contributed by atoms with Crippen molar-refractivity contribution >= 4 is 17.6 Å². The number of ether oxygens (including phenoxy) is 2. The fourth-order valence-corrected chi connectivity index (χ4v) is 3.82. The van der Waals surface area contributed by atoms with Crippen LogP contribution >= 0.6 is 0 Å². The largest absolute Gasteiger partial charge is 0.488 e. The minimum atomic E-state index is -0.698. The topological polar surface area (TPSA) is 91.6 Å². The molecule has 4 aromatic rings. The molecule has 8 heteroatoms. The lowest BCUT2D eigenvalue weighted by Crippen LogP contribution is -2.26. The number of rotatable bonds is 8. The van der Waals surface area contributed by atoms with Gasteiger partial charge < -0.3 is 14.8 Å². The summed E-state index contributed by atoms with van der Waals surface area (Å²) in [4.78, 5) is 38.2. The van der Waals surface area contributed by atoms with Gasteiger partial charge >= 0.3 is 5.97 Å². The van der Waals surface area contributed by atoms with Gasteiger partial charge in [0.2, 0.25) is 0 Å². The van der Waals surface area contributed by atoms with E-state index in [1.807, 2.05) is 49.4 Å². The maximum atomic E-state index is 13.0. The van der Waals surface area contributed by atoms with Crippen molar-refractivity contribution in [1.29, 1.82) is 0 Å². The number of nitrogens with zero attached hydrogens (tertiary/aromatic N) is 2. The standard InChI is InChI=1S/C28H27N3O5/c1-19-10-9-11-21(16-19)17-35-24-15-8-7-14-23(24)28(34)36-18-25(32)29-26-20(2)30(3)31(27(26)33)22-12-5-4-6-13-22/h4-16H,17-18H2,1-3H3,(H,29,32). The monoisotopic (exact) mass is 485 g/mol. The number of anilines is 1. The number of carbonyl (C=O) groups is 2. The minimum Gasteiger partial charge on any atom is -0.488 e. The second kappa shape index (κ2) is 10.8. The number of esters is 1. The van der Waals surface area contributed by atoms with Crippen molar-refractivity contribution in [2.24, 2.45) is 7.05 Å². The maximum Gasteiger partial charge on any atom is 0.342 e. The number of amides is 1. The van der Waals surface area contributed by atoms with E-state index in [1.54, 1.807) is 55.1 Å². The van der Waals surface area contributed by atoms with Crippen molar-refractivity contribution in [3.63, 3.8) is 0 Å². The summed E-state index contributed by atoms with van der Waals surface area (Å²) < 4.78 is 14.2. The third-order valence-electron chi connectivity index (χ3n) is 5.74. The predicted molar refractivity (Wildman–Crippen MR) is 137 cm³/mol. The third-order valence-corrected chi connectivity index (χ3v) is 5.74. The van der Waals surface area contributed by atoms with E-state index in [4.69, 9.17) is 9.47 Å². The van der Waals surface area contributed by atoms with E-state index in [0.717, 1.165) is 11.1 Å². The maximum absolute atomic E-state index is 13.0. The van der Waals surface area contributed by atoms with Gasteiger partial charge in [0.15, 0.2) is 6.61 Å². The van der Waals surface area contributed by atoms with Crippen LogP contribution in [0.4, 0.5) is 5.69 Å². The molecule has 0 radical (unpaired) electrons. The minimum absolute atomic E-state index is 0.129. The predicted octanol–water partition coefficient (Wildman–Crippen LogP) is 4.17. The lowest BCUT2D eigenvalue weighted by Gasteiger charge is -2.11. The van der Waals surface area contributed by atoms with Crippen LogP contribution < -0.4 is 15.6 Å². The summed E-state index contributed by atoms with van der Waals surface area (Å²) in [6.07, 6.45) is 0. The zero-order chi connectivity index (χ0) is 25.7. The van der Waals surface area contributed by atoms with Crippen molar-refractivity contribution in [1.82, 2.24) is 9.36 Å². The lowest BCUT2D eigenvalue weighted by atomic mass is 10.1. The van der Waals surface area contributed by atoms with Crippen molar-refractivity contribution in [2.45, 2.75) is 20.5 Å². The van der Waals surface area contributed by atoms with E-state index < -0.39 is 18.5 Å². The molecular weight excluding hydrogens is 458 g/mol. The molecular formula is C28H27N3O5. The van der Waals surface area contributed by atoms with Crippen LogP contribution in [0.1, 0.15) is 27.2 Å². The first-order valence-electron chi connectivity index (χ1n) is 11.4. The number of hydrogen-bond acceptors (Lipinski definition) is 5. The van der Waals surface area contributed by atoms with Gasteiger partial charge in [0, 0.05) is 7.05 Å². The molecule has 0 saturated carbocycles. The summed E-state index contributed by atoms with van der Waals surface area (Å²) in [5.74, 6) is -0.960. The summed E-state index contributed by atoms with van der Waals surface area (Å²) in [5, 5.41) is 2.58. The van der Waals surface area contributed by atoms with E-state index in [2.05, 4.69) is 5.32 Å². The van der Waals surface area contributed by atoms with Crippen LogP contribution in [-0.4, -0.2) is 27.8 Å². The van der Waals surface area contributed by atoms with Crippen LogP contribution in [0.25, 0.3) is 5.69 Å². The van der Waals surface area contributed by atoms with Crippen molar-refractivity contribution < 1.29 is 19.1 Å². The Hall–Kier alpha value is -4.59. The molecule has 4 rings (SSSR count). The van der Waals surface area contributed by atoms with Crippen LogP contribution in [0.15, 0.2) is 83.7 Å². The summed E-state index contributed by atoms with van der Waals surface area (Å²) in [5.41, 5.74) is 3.27. The highest BCUT2D eigenvalue weighted by Crippen LogP contribution is 2.21.